The number of imidazole rings is 1. The van der Waals surface area contributed by atoms with Gasteiger partial charge in [-0.05, 0) is 30.7 Å². The number of hydrogen-bond donors (Lipinski definition) is 2. The molecule has 0 aliphatic rings. The van der Waals surface area contributed by atoms with Crippen LogP contribution in [0.3, 0.4) is 0 Å². The first kappa shape index (κ1) is 11.9. The zero-order valence-electron chi connectivity index (χ0n) is 9.33. The van der Waals surface area contributed by atoms with Crippen molar-refractivity contribution in [3.63, 3.8) is 0 Å². The average Bonchev–Trinajstić information content (AvgIpc) is 2.77. The second-order valence-electron chi connectivity index (χ2n) is 3.74. The van der Waals surface area contributed by atoms with Gasteiger partial charge in [-0.25, -0.2) is 4.98 Å². The van der Waals surface area contributed by atoms with Crippen molar-refractivity contribution < 1.29 is 4.79 Å². The zero-order chi connectivity index (χ0) is 12.3. The van der Waals surface area contributed by atoms with Crippen LogP contribution in [0.5, 0.6) is 0 Å². The maximum Gasteiger partial charge on any atom is 0.251 e. The van der Waals surface area contributed by atoms with Gasteiger partial charge in [0.2, 0.25) is 0 Å². The number of halogens is 1. The SMILES string of the molecule is Cc1cc(Br)cc(C(=O)NCc2ncc[nH]2)c1. The van der Waals surface area contributed by atoms with Crippen LogP contribution in [0, 0.1) is 6.92 Å². The van der Waals surface area contributed by atoms with Crippen LogP contribution in [0.1, 0.15) is 21.7 Å². The second-order valence-corrected chi connectivity index (χ2v) is 4.65. The number of nitrogens with zero attached hydrogens (tertiary/aromatic N) is 1. The molecule has 1 aromatic heterocycles. The zero-order valence-corrected chi connectivity index (χ0v) is 10.9. The monoisotopic (exact) mass is 293 g/mol. The molecule has 0 atom stereocenters. The Balaban J connectivity index is 2.04. The maximum absolute atomic E-state index is 11.9. The smallest absolute Gasteiger partial charge is 0.251 e. The van der Waals surface area contributed by atoms with Gasteiger partial charge >= 0.3 is 0 Å². The molecule has 2 aromatic rings. The van der Waals surface area contributed by atoms with Crippen LogP contribution in [0.15, 0.2) is 35.1 Å². The van der Waals surface area contributed by atoms with Crippen molar-refractivity contribution in [1.82, 2.24) is 15.3 Å². The Morgan fingerprint density at radius 2 is 2.29 bits per heavy atom. The predicted octanol–water partition coefficient (Wildman–Crippen LogP) is 2.41. The minimum atomic E-state index is -0.106. The molecule has 0 saturated carbocycles. The fourth-order valence-electron chi connectivity index (χ4n) is 1.53. The molecule has 0 spiro atoms. The summed E-state index contributed by atoms with van der Waals surface area (Å²) < 4.78 is 0.903. The molecule has 2 rings (SSSR count). The van der Waals surface area contributed by atoms with Crippen LogP contribution in [-0.2, 0) is 6.54 Å². The fraction of sp³-hybridized carbons (Fsp3) is 0.167. The summed E-state index contributed by atoms with van der Waals surface area (Å²) in [5.41, 5.74) is 1.69. The van der Waals surface area contributed by atoms with Crippen molar-refractivity contribution in [2.45, 2.75) is 13.5 Å². The molecule has 17 heavy (non-hydrogen) atoms. The van der Waals surface area contributed by atoms with E-state index in [1.807, 2.05) is 19.1 Å². The summed E-state index contributed by atoms with van der Waals surface area (Å²) in [6, 6.07) is 5.61. The highest BCUT2D eigenvalue weighted by atomic mass is 79.9. The molecule has 0 bridgehead atoms. The molecule has 4 nitrogen and oxygen atoms in total. The predicted molar refractivity (Wildman–Crippen MR) is 68.6 cm³/mol. The highest BCUT2D eigenvalue weighted by molar-refractivity contribution is 9.10. The average molecular weight is 294 g/mol. The lowest BCUT2D eigenvalue weighted by atomic mass is 10.1. The van der Waals surface area contributed by atoms with E-state index in [0.29, 0.717) is 12.1 Å². The highest BCUT2D eigenvalue weighted by Crippen LogP contribution is 2.15. The van der Waals surface area contributed by atoms with Crippen molar-refractivity contribution in [2.24, 2.45) is 0 Å². The van der Waals surface area contributed by atoms with Crippen LogP contribution < -0.4 is 5.32 Å². The lowest BCUT2D eigenvalue weighted by molar-refractivity contribution is 0.0950. The Morgan fingerprint density at radius 3 is 2.94 bits per heavy atom. The quantitative estimate of drug-likeness (QED) is 0.913. The molecule has 88 valence electrons. The molecule has 5 heteroatoms. The summed E-state index contributed by atoms with van der Waals surface area (Å²) >= 11 is 3.37. The van der Waals surface area contributed by atoms with E-state index in [1.165, 1.54) is 0 Å². The molecular weight excluding hydrogens is 282 g/mol. The van der Waals surface area contributed by atoms with Crippen molar-refractivity contribution >= 4 is 21.8 Å². The number of H-pyrrole nitrogens is 1. The van der Waals surface area contributed by atoms with Gasteiger partial charge in [0.05, 0.1) is 6.54 Å². The molecule has 1 amide bonds. The Morgan fingerprint density at radius 1 is 1.47 bits per heavy atom. The van der Waals surface area contributed by atoms with Gasteiger partial charge in [-0.2, -0.15) is 0 Å². The van der Waals surface area contributed by atoms with E-state index in [-0.39, 0.29) is 5.91 Å². The minimum absolute atomic E-state index is 0.106. The van der Waals surface area contributed by atoms with Crippen LogP contribution in [0.2, 0.25) is 0 Å². The highest BCUT2D eigenvalue weighted by Gasteiger charge is 2.07. The molecule has 0 saturated heterocycles. The van der Waals surface area contributed by atoms with E-state index in [9.17, 15) is 4.79 Å². The molecule has 0 aliphatic carbocycles. The summed E-state index contributed by atoms with van der Waals surface area (Å²) in [5, 5.41) is 2.80. The van der Waals surface area contributed by atoms with Crippen molar-refractivity contribution in [2.75, 3.05) is 0 Å². The first-order chi connectivity index (χ1) is 8.15. The summed E-state index contributed by atoms with van der Waals surface area (Å²) in [6.45, 7) is 2.35. The normalized spacial score (nSPS) is 10.2. The maximum atomic E-state index is 11.9. The lowest BCUT2D eigenvalue weighted by Gasteiger charge is -2.05. The topological polar surface area (TPSA) is 57.8 Å². The van der Waals surface area contributed by atoms with E-state index in [2.05, 4.69) is 31.2 Å². The summed E-state index contributed by atoms with van der Waals surface area (Å²) in [6.07, 6.45) is 3.38. The van der Waals surface area contributed by atoms with Gasteiger partial charge in [0.25, 0.3) is 5.91 Å². The number of aryl methyl sites for hydroxylation is 1. The Labute approximate surface area is 108 Å². The number of carbonyl (C=O) groups excluding carboxylic acids is 1. The van der Waals surface area contributed by atoms with Crippen LogP contribution >= 0.6 is 15.9 Å². The number of amides is 1. The fourth-order valence-corrected chi connectivity index (χ4v) is 2.14. The first-order valence-corrected chi connectivity index (χ1v) is 5.98. The number of hydrogen-bond acceptors (Lipinski definition) is 2. The van der Waals surface area contributed by atoms with Crippen LogP contribution in [0.4, 0.5) is 0 Å². The second kappa shape index (κ2) is 5.14. The van der Waals surface area contributed by atoms with Gasteiger partial charge in [0, 0.05) is 22.4 Å². The number of nitrogens with one attached hydrogen (secondary N) is 2. The Kier molecular flexibility index (Phi) is 3.58. The Bertz CT molecular complexity index is 502. The lowest BCUT2D eigenvalue weighted by Crippen LogP contribution is -2.23. The van der Waals surface area contributed by atoms with Crippen molar-refractivity contribution in [3.8, 4) is 0 Å². The van der Waals surface area contributed by atoms with Gasteiger partial charge in [0.1, 0.15) is 5.82 Å². The number of rotatable bonds is 3. The summed E-state index contributed by atoms with van der Waals surface area (Å²) in [7, 11) is 0. The summed E-state index contributed by atoms with van der Waals surface area (Å²) in [4.78, 5) is 18.8. The third kappa shape index (κ3) is 3.17. The van der Waals surface area contributed by atoms with Gasteiger partial charge in [0.15, 0.2) is 0 Å². The largest absolute Gasteiger partial charge is 0.347 e. The molecule has 1 heterocycles. The number of aromatic nitrogens is 2. The number of carbonyl (C=O) groups is 1. The van der Waals surface area contributed by atoms with Crippen molar-refractivity contribution in [1.29, 1.82) is 0 Å². The molecule has 0 aliphatic heterocycles. The van der Waals surface area contributed by atoms with E-state index < -0.39 is 0 Å². The third-order valence-electron chi connectivity index (χ3n) is 2.28. The molecule has 0 unspecified atom stereocenters. The van der Waals surface area contributed by atoms with E-state index in [4.69, 9.17) is 0 Å². The number of benzene rings is 1. The number of aromatic amines is 1. The summed E-state index contributed by atoms with van der Waals surface area (Å²) in [5.74, 6) is 0.635. The van der Waals surface area contributed by atoms with Gasteiger partial charge in [-0.3, -0.25) is 4.79 Å². The molecule has 2 N–H and O–H groups in total. The van der Waals surface area contributed by atoms with Crippen LogP contribution in [0.25, 0.3) is 0 Å². The minimum Gasteiger partial charge on any atom is -0.347 e. The van der Waals surface area contributed by atoms with Crippen molar-refractivity contribution in [3.05, 3.63) is 52.0 Å². The third-order valence-corrected chi connectivity index (χ3v) is 2.73. The standard InChI is InChI=1S/C12H12BrN3O/c1-8-4-9(6-10(13)5-8)12(17)16-7-11-14-2-3-15-11/h2-6H,7H2,1H3,(H,14,15)(H,16,17). The molecular formula is C12H12BrN3O. The Hall–Kier alpha value is -1.62. The van der Waals surface area contributed by atoms with E-state index in [1.54, 1.807) is 18.5 Å². The van der Waals surface area contributed by atoms with Gasteiger partial charge in [-0.15, -0.1) is 0 Å². The molecule has 1 aromatic carbocycles. The van der Waals surface area contributed by atoms with E-state index >= 15 is 0 Å². The molecule has 0 fully saturated rings. The molecule has 0 radical (unpaired) electrons. The van der Waals surface area contributed by atoms with E-state index in [0.717, 1.165) is 15.9 Å². The van der Waals surface area contributed by atoms with Gasteiger partial charge < -0.3 is 10.3 Å². The van der Waals surface area contributed by atoms with Crippen LogP contribution in [-0.4, -0.2) is 15.9 Å². The van der Waals surface area contributed by atoms with Gasteiger partial charge in [-0.1, -0.05) is 15.9 Å². The first-order valence-electron chi connectivity index (χ1n) is 5.19.